The van der Waals surface area contributed by atoms with Gasteiger partial charge in [0.15, 0.2) is 12.2 Å². The molecule has 10 heteroatoms. The number of aliphatic hydroxyl groups excluding tert-OH is 2. The van der Waals surface area contributed by atoms with E-state index in [1.54, 1.807) is 0 Å². The van der Waals surface area contributed by atoms with Gasteiger partial charge in [0.1, 0.15) is 0 Å². The number of nitrogens with zero attached hydrogens (tertiary/aromatic N) is 1. The maximum Gasteiger partial charge on any atom is 0.335 e. The molecule has 1 aromatic carbocycles. The summed E-state index contributed by atoms with van der Waals surface area (Å²) in [6.07, 6.45) is -3.46. The molecule has 0 bridgehead atoms. The fraction of sp³-hybridized carbons (Fsp3) is 0.556. The molecule has 3 atom stereocenters. The number of carboxylic acids is 2. The lowest BCUT2D eigenvalue weighted by atomic mass is 10.2. The molecule has 28 heavy (non-hydrogen) atoms. The van der Waals surface area contributed by atoms with E-state index in [1.807, 2.05) is 17.8 Å². The highest BCUT2D eigenvalue weighted by molar-refractivity contribution is 7.99. The lowest BCUT2D eigenvalue weighted by Crippen LogP contribution is -2.39. The van der Waals surface area contributed by atoms with Crippen molar-refractivity contribution in [3.8, 4) is 0 Å². The van der Waals surface area contributed by atoms with Gasteiger partial charge in [-0.15, -0.1) is 11.8 Å². The minimum absolute atomic E-state index is 0.276. The van der Waals surface area contributed by atoms with Gasteiger partial charge in [0.05, 0.1) is 13.2 Å². The van der Waals surface area contributed by atoms with E-state index in [9.17, 15) is 9.59 Å². The number of carboxylic acid groups (broad SMARTS) is 2. The van der Waals surface area contributed by atoms with Crippen LogP contribution in [-0.2, 0) is 14.3 Å². The van der Waals surface area contributed by atoms with Crippen molar-refractivity contribution >= 4 is 23.7 Å². The lowest BCUT2D eigenvalue weighted by Gasteiger charge is -2.27. The SMILES string of the molecule is NC(CCN1CCOCC1)CSc1ccccc1.O=C(O)C(O)C(O)C(=O)O. The molecule has 1 aliphatic rings. The maximum atomic E-state index is 9.77. The second kappa shape index (κ2) is 13.5. The minimum atomic E-state index is -2.27. The van der Waals surface area contributed by atoms with Gasteiger partial charge < -0.3 is 30.9 Å². The highest BCUT2D eigenvalue weighted by atomic mass is 32.2. The Labute approximate surface area is 168 Å². The van der Waals surface area contributed by atoms with Crippen LogP contribution in [-0.4, -0.2) is 94.1 Å². The number of aliphatic carboxylic acids is 2. The smallest absolute Gasteiger partial charge is 0.335 e. The van der Waals surface area contributed by atoms with Crippen molar-refractivity contribution in [2.24, 2.45) is 5.73 Å². The zero-order chi connectivity index (χ0) is 20.9. The van der Waals surface area contributed by atoms with E-state index in [4.69, 9.17) is 30.9 Å². The molecular weight excluding hydrogens is 388 g/mol. The number of hydrogen-bond acceptors (Lipinski definition) is 8. The quantitative estimate of drug-likeness (QED) is 0.339. The summed E-state index contributed by atoms with van der Waals surface area (Å²) in [6.45, 7) is 4.94. The molecule has 1 aromatic rings. The maximum absolute atomic E-state index is 9.77. The predicted octanol–water partition coefficient (Wildman–Crippen LogP) is -0.294. The molecule has 1 heterocycles. The number of nitrogens with two attached hydrogens (primary N) is 1. The van der Waals surface area contributed by atoms with E-state index in [0.717, 1.165) is 45.0 Å². The van der Waals surface area contributed by atoms with E-state index in [-0.39, 0.29) is 6.04 Å². The molecule has 0 radical (unpaired) electrons. The molecule has 0 saturated carbocycles. The Morgan fingerprint density at radius 1 is 1.07 bits per heavy atom. The van der Waals surface area contributed by atoms with Crippen LogP contribution in [0.3, 0.4) is 0 Å². The molecule has 2 rings (SSSR count). The molecule has 9 nitrogen and oxygen atoms in total. The normalized spacial score (nSPS) is 17.7. The van der Waals surface area contributed by atoms with Crippen LogP contribution in [0.15, 0.2) is 35.2 Å². The highest BCUT2D eigenvalue weighted by Crippen LogP contribution is 2.18. The Bertz CT molecular complexity index is 567. The molecule has 0 aromatic heterocycles. The third-order valence-corrected chi connectivity index (χ3v) is 5.13. The summed E-state index contributed by atoms with van der Waals surface area (Å²) in [5, 5.41) is 32.5. The van der Waals surface area contributed by atoms with Crippen molar-refractivity contribution in [1.82, 2.24) is 4.90 Å². The van der Waals surface area contributed by atoms with Gasteiger partial charge in [0, 0.05) is 29.8 Å². The van der Waals surface area contributed by atoms with Crippen molar-refractivity contribution < 1.29 is 34.8 Å². The Morgan fingerprint density at radius 2 is 1.61 bits per heavy atom. The van der Waals surface area contributed by atoms with Crippen molar-refractivity contribution in [1.29, 1.82) is 0 Å². The van der Waals surface area contributed by atoms with Crippen LogP contribution in [0.25, 0.3) is 0 Å². The number of thioether (sulfide) groups is 1. The third-order valence-electron chi connectivity index (χ3n) is 3.93. The van der Waals surface area contributed by atoms with E-state index in [1.165, 1.54) is 4.90 Å². The minimum Gasteiger partial charge on any atom is -0.479 e. The van der Waals surface area contributed by atoms with Crippen LogP contribution in [0, 0.1) is 0 Å². The molecule has 158 valence electrons. The average molecular weight is 416 g/mol. The Balaban J connectivity index is 0.000000336. The zero-order valence-corrected chi connectivity index (χ0v) is 16.3. The predicted molar refractivity (Wildman–Crippen MR) is 104 cm³/mol. The largest absolute Gasteiger partial charge is 0.479 e. The zero-order valence-electron chi connectivity index (χ0n) is 15.5. The third kappa shape index (κ3) is 10.0. The first kappa shape index (κ1) is 24.3. The molecule has 1 fully saturated rings. The summed E-state index contributed by atoms with van der Waals surface area (Å²) in [5.74, 6) is -2.54. The van der Waals surface area contributed by atoms with Crippen LogP contribution in [0.4, 0.5) is 0 Å². The van der Waals surface area contributed by atoms with Crippen molar-refractivity contribution in [3.05, 3.63) is 30.3 Å². The molecule has 6 N–H and O–H groups in total. The molecule has 1 aliphatic heterocycles. The lowest BCUT2D eigenvalue weighted by molar-refractivity contribution is -0.165. The first-order valence-corrected chi connectivity index (χ1v) is 9.85. The molecule has 0 spiro atoms. The fourth-order valence-electron chi connectivity index (χ4n) is 2.25. The standard InChI is InChI=1S/C14H22N2OS.C4H6O6/c15-13(6-7-16-8-10-17-11-9-16)12-18-14-4-2-1-3-5-14;5-1(3(7)8)2(6)4(9)10/h1-5,13H,6-12,15H2;1-2,5-6H,(H,7,8)(H,9,10). The van der Waals surface area contributed by atoms with Crippen molar-refractivity contribution in [3.63, 3.8) is 0 Å². The monoisotopic (exact) mass is 416 g/mol. The number of morpholine rings is 1. The number of ether oxygens (including phenoxy) is 1. The summed E-state index contributed by atoms with van der Waals surface area (Å²) in [6, 6.07) is 10.7. The highest BCUT2D eigenvalue weighted by Gasteiger charge is 2.29. The van der Waals surface area contributed by atoms with Gasteiger partial charge in [-0.3, -0.25) is 4.90 Å². The summed E-state index contributed by atoms with van der Waals surface area (Å²) in [4.78, 5) is 23.3. The van der Waals surface area contributed by atoms with Crippen LogP contribution < -0.4 is 5.73 Å². The van der Waals surface area contributed by atoms with Gasteiger partial charge in [0.2, 0.25) is 0 Å². The van der Waals surface area contributed by atoms with E-state index >= 15 is 0 Å². The number of rotatable bonds is 9. The molecule has 3 unspecified atom stereocenters. The second-order valence-corrected chi connectivity index (χ2v) is 7.29. The van der Waals surface area contributed by atoms with E-state index in [2.05, 4.69) is 29.2 Å². The van der Waals surface area contributed by atoms with Crippen LogP contribution in [0.5, 0.6) is 0 Å². The first-order valence-electron chi connectivity index (χ1n) is 8.86. The van der Waals surface area contributed by atoms with Crippen LogP contribution in [0.2, 0.25) is 0 Å². The average Bonchev–Trinajstić information content (AvgIpc) is 2.71. The number of benzene rings is 1. The topological polar surface area (TPSA) is 154 Å². The van der Waals surface area contributed by atoms with Crippen LogP contribution >= 0.6 is 11.8 Å². The van der Waals surface area contributed by atoms with Gasteiger partial charge in [-0.25, -0.2) is 9.59 Å². The van der Waals surface area contributed by atoms with Crippen LogP contribution in [0.1, 0.15) is 6.42 Å². The van der Waals surface area contributed by atoms with Gasteiger partial charge in [-0.2, -0.15) is 0 Å². The molecule has 1 saturated heterocycles. The fourth-order valence-corrected chi connectivity index (χ4v) is 3.17. The Hall–Kier alpha value is -1.69. The van der Waals surface area contributed by atoms with Gasteiger partial charge in [0.25, 0.3) is 0 Å². The first-order chi connectivity index (χ1) is 13.3. The molecule has 0 amide bonds. The van der Waals surface area contributed by atoms with E-state index < -0.39 is 24.1 Å². The van der Waals surface area contributed by atoms with Gasteiger partial charge in [-0.1, -0.05) is 18.2 Å². The van der Waals surface area contributed by atoms with Crippen molar-refractivity contribution in [2.75, 3.05) is 38.6 Å². The van der Waals surface area contributed by atoms with Gasteiger partial charge in [-0.05, 0) is 25.1 Å². The number of hydrogen-bond donors (Lipinski definition) is 5. The van der Waals surface area contributed by atoms with E-state index in [0.29, 0.717) is 0 Å². The van der Waals surface area contributed by atoms with Gasteiger partial charge >= 0.3 is 11.9 Å². The summed E-state index contributed by atoms with van der Waals surface area (Å²) in [7, 11) is 0. The summed E-state index contributed by atoms with van der Waals surface area (Å²) in [5.41, 5.74) is 6.16. The van der Waals surface area contributed by atoms with Crippen molar-refractivity contribution in [2.45, 2.75) is 29.6 Å². The Morgan fingerprint density at radius 3 is 2.11 bits per heavy atom. The summed E-state index contributed by atoms with van der Waals surface area (Å²) < 4.78 is 5.33. The molecule has 0 aliphatic carbocycles. The Kier molecular flexibility index (Phi) is 11.7. The second-order valence-electron chi connectivity index (χ2n) is 6.19. The molecular formula is C18H28N2O7S. The number of aliphatic hydroxyl groups is 2. The summed E-state index contributed by atoms with van der Waals surface area (Å²) >= 11 is 1.85. The number of carbonyl (C=O) groups is 2.